The second kappa shape index (κ2) is 10.9. The molecule has 1 amide bonds. The highest BCUT2D eigenvalue weighted by molar-refractivity contribution is 6.04. The summed E-state index contributed by atoms with van der Waals surface area (Å²) in [5, 5.41) is 2.99. The maximum Gasteiger partial charge on any atom is 0.255 e. The Kier molecular flexibility index (Phi) is 7.02. The van der Waals surface area contributed by atoms with Gasteiger partial charge in [0, 0.05) is 43.3 Å². The van der Waals surface area contributed by atoms with Gasteiger partial charge in [0.15, 0.2) is 0 Å². The smallest absolute Gasteiger partial charge is 0.255 e. The number of rotatable bonds is 7. The van der Waals surface area contributed by atoms with E-state index >= 15 is 0 Å². The summed E-state index contributed by atoms with van der Waals surface area (Å²) in [4.78, 5) is 27.9. The number of hydrogen-bond donors (Lipinski definition) is 1. The van der Waals surface area contributed by atoms with Gasteiger partial charge in [0.25, 0.3) is 5.91 Å². The number of morpholine rings is 1. The van der Waals surface area contributed by atoms with Crippen molar-refractivity contribution in [2.75, 3.05) is 31.6 Å². The Morgan fingerprint density at radius 3 is 2.71 bits per heavy atom. The molecule has 1 N–H and O–H groups in total. The molecular formula is C27H25N5O3. The summed E-state index contributed by atoms with van der Waals surface area (Å²) in [5.41, 5.74) is 3.83. The first-order valence-electron chi connectivity index (χ1n) is 11.4. The number of ether oxygens (including phenoxy) is 2. The number of anilines is 1. The minimum Gasteiger partial charge on any atom is -0.438 e. The van der Waals surface area contributed by atoms with Crippen molar-refractivity contribution in [3.8, 4) is 22.9 Å². The van der Waals surface area contributed by atoms with Gasteiger partial charge in [-0.05, 0) is 54.1 Å². The largest absolute Gasteiger partial charge is 0.438 e. The van der Waals surface area contributed by atoms with Crippen molar-refractivity contribution in [2.45, 2.75) is 6.54 Å². The molecule has 0 radical (unpaired) electrons. The van der Waals surface area contributed by atoms with Gasteiger partial charge < -0.3 is 14.8 Å². The molecule has 8 heteroatoms. The average molecular weight is 468 g/mol. The van der Waals surface area contributed by atoms with E-state index in [1.165, 1.54) is 6.33 Å². The predicted octanol–water partition coefficient (Wildman–Crippen LogP) is 4.42. The van der Waals surface area contributed by atoms with E-state index in [0.29, 0.717) is 22.9 Å². The first-order chi connectivity index (χ1) is 17.2. The molecule has 1 saturated heterocycles. The Labute approximate surface area is 203 Å². The molecule has 0 spiro atoms. The maximum absolute atomic E-state index is 13.0. The summed E-state index contributed by atoms with van der Waals surface area (Å²) in [6.45, 7) is 4.17. The third-order valence-electron chi connectivity index (χ3n) is 5.63. The lowest BCUT2D eigenvalue weighted by Gasteiger charge is -2.26. The van der Waals surface area contributed by atoms with Gasteiger partial charge in [0.05, 0.1) is 24.5 Å². The molecule has 1 fully saturated rings. The number of hydrogen-bond acceptors (Lipinski definition) is 7. The molecule has 0 atom stereocenters. The zero-order valence-electron chi connectivity index (χ0n) is 19.1. The molecule has 2 aromatic carbocycles. The maximum atomic E-state index is 13.0. The molecule has 176 valence electrons. The SMILES string of the molecule is O=C(Nc1cccc(CN2CCOCC2)c1)c1cccc(Oc2ncccc2-c2ccncn2)c1. The number of nitrogens with zero attached hydrogens (tertiary/aromatic N) is 4. The van der Waals surface area contributed by atoms with Crippen molar-refractivity contribution in [2.24, 2.45) is 0 Å². The molecule has 1 aliphatic rings. The van der Waals surface area contributed by atoms with Gasteiger partial charge in [0.1, 0.15) is 12.1 Å². The lowest BCUT2D eigenvalue weighted by Crippen LogP contribution is -2.35. The number of aromatic nitrogens is 3. The zero-order chi connectivity index (χ0) is 23.9. The van der Waals surface area contributed by atoms with E-state index < -0.39 is 0 Å². The van der Waals surface area contributed by atoms with Gasteiger partial charge in [-0.2, -0.15) is 0 Å². The normalized spacial score (nSPS) is 13.8. The van der Waals surface area contributed by atoms with E-state index in [9.17, 15) is 4.79 Å². The van der Waals surface area contributed by atoms with Gasteiger partial charge >= 0.3 is 0 Å². The molecule has 3 heterocycles. The van der Waals surface area contributed by atoms with Gasteiger partial charge in [-0.1, -0.05) is 18.2 Å². The number of amides is 1. The number of nitrogens with one attached hydrogen (secondary N) is 1. The minimum absolute atomic E-state index is 0.212. The van der Waals surface area contributed by atoms with E-state index in [0.717, 1.165) is 49.7 Å². The van der Waals surface area contributed by atoms with Crippen LogP contribution in [0, 0.1) is 0 Å². The molecule has 0 unspecified atom stereocenters. The number of carbonyl (C=O) groups is 1. The second-order valence-electron chi connectivity index (χ2n) is 8.12. The summed E-state index contributed by atoms with van der Waals surface area (Å²) in [5.74, 6) is 0.698. The summed E-state index contributed by atoms with van der Waals surface area (Å²) in [7, 11) is 0. The van der Waals surface area contributed by atoms with E-state index in [-0.39, 0.29) is 5.91 Å². The molecule has 0 saturated carbocycles. The fourth-order valence-corrected chi connectivity index (χ4v) is 3.90. The third-order valence-corrected chi connectivity index (χ3v) is 5.63. The van der Waals surface area contributed by atoms with Crippen LogP contribution in [-0.2, 0) is 11.3 Å². The van der Waals surface area contributed by atoms with E-state index in [1.807, 2.05) is 30.3 Å². The first-order valence-corrected chi connectivity index (χ1v) is 11.4. The molecule has 0 aliphatic carbocycles. The number of benzene rings is 2. The van der Waals surface area contributed by atoms with Crippen LogP contribution in [0.3, 0.4) is 0 Å². The van der Waals surface area contributed by atoms with Crippen molar-refractivity contribution in [1.29, 1.82) is 0 Å². The Morgan fingerprint density at radius 1 is 0.971 bits per heavy atom. The molecule has 8 nitrogen and oxygen atoms in total. The van der Waals surface area contributed by atoms with Gasteiger partial charge in [0.2, 0.25) is 5.88 Å². The van der Waals surface area contributed by atoms with Gasteiger partial charge in [-0.15, -0.1) is 0 Å². The Hall–Kier alpha value is -4.14. The van der Waals surface area contributed by atoms with Crippen LogP contribution in [0.4, 0.5) is 5.69 Å². The highest BCUT2D eigenvalue weighted by Gasteiger charge is 2.14. The van der Waals surface area contributed by atoms with Crippen LogP contribution >= 0.6 is 0 Å². The topological polar surface area (TPSA) is 89.5 Å². The van der Waals surface area contributed by atoms with Crippen LogP contribution in [-0.4, -0.2) is 52.1 Å². The fraction of sp³-hybridized carbons (Fsp3) is 0.185. The molecule has 35 heavy (non-hydrogen) atoms. The molecule has 1 aliphatic heterocycles. The quantitative estimate of drug-likeness (QED) is 0.430. The molecule has 5 rings (SSSR count). The lowest BCUT2D eigenvalue weighted by atomic mass is 10.1. The highest BCUT2D eigenvalue weighted by atomic mass is 16.5. The second-order valence-corrected chi connectivity index (χ2v) is 8.12. The summed E-state index contributed by atoms with van der Waals surface area (Å²) in [6.07, 6.45) is 4.80. The van der Waals surface area contributed by atoms with Crippen LogP contribution in [0.1, 0.15) is 15.9 Å². The monoisotopic (exact) mass is 467 g/mol. The summed E-state index contributed by atoms with van der Waals surface area (Å²) >= 11 is 0. The Morgan fingerprint density at radius 2 is 1.86 bits per heavy atom. The molecule has 0 bridgehead atoms. The number of pyridine rings is 1. The van der Waals surface area contributed by atoms with Crippen LogP contribution in [0.2, 0.25) is 0 Å². The van der Waals surface area contributed by atoms with Crippen molar-refractivity contribution in [3.63, 3.8) is 0 Å². The van der Waals surface area contributed by atoms with Crippen molar-refractivity contribution in [3.05, 3.63) is 96.6 Å². The van der Waals surface area contributed by atoms with Crippen molar-refractivity contribution in [1.82, 2.24) is 19.9 Å². The standard InChI is InChI=1S/C27H25N5O3/c33-26(31-22-6-1-4-20(16-22)18-32-12-14-34-15-13-32)21-5-2-7-23(17-21)35-27-24(8-3-10-29-27)25-9-11-28-19-30-25/h1-11,16-17,19H,12-15,18H2,(H,31,33). The summed E-state index contributed by atoms with van der Waals surface area (Å²) < 4.78 is 11.5. The molecular weight excluding hydrogens is 442 g/mol. The van der Waals surface area contributed by atoms with Crippen molar-refractivity contribution < 1.29 is 14.3 Å². The minimum atomic E-state index is -0.212. The van der Waals surface area contributed by atoms with E-state index in [2.05, 4.69) is 31.2 Å². The zero-order valence-corrected chi connectivity index (χ0v) is 19.1. The molecule has 2 aromatic heterocycles. The van der Waals surface area contributed by atoms with Crippen LogP contribution in [0.5, 0.6) is 11.6 Å². The number of carbonyl (C=O) groups excluding carboxylic acids is 1. The van der Waals surface area contributed by atoms with Crippen molar-refractivity contribution >= 4 is 11.6 Å². The van der Waals surface area contributed by atoms with E-state index in [4.69, 9.17) is 9.47 Å². The van der Waals surface area contributed by atoms with Gasteiger partial charge in [-0.3, -0.25) is 9.69 Å². The molecule has 4 aromatic rings. The van der Waals surface area contributed by atoms with Gasteiger partial charge in [-0.25, -0.2) is 15.0 Å². The fourth-order valence-electron chi connectivity index (χ4n) is 3.90. The highest BCUT2D eigenvalue weighted by Crippen LogP contribution is 2.30. The van der Waals surface area contributed by atoms with Crippen LogP contribution < -0.4 is 10.1 Å². The van der Waals surface area contributed by atoms with E-state index in [1.54, 1.807) is 42.7 Å². The first kappa shape index (κ1) is 22.6. The Balaban J connectivity index is 1.29. The Bertz CT molecular complexity index is 1290. The third kappa shape index (κ3) is 5.87. The predicted molar refractivity (Wildman–Crippen MR) is 132 cm³/mol. The lowest BCUT2D eigenvalue weighted by molar-refractivity contribution is 0.0342. The van der Waals surface area contributed by atoms with Crippen LogP contribution in [0.15, 0.2) is 85.5 Å². The average Bonchev–Trinajstić information content (AvgIpc) is 2.90. The van der Waals surface area contributed by atoms with Crippen LogP contribution in [0.25, 0.3) is 11.3 Å². The summed E-state index contributed by atoms with van der Waals surface area (Å²) in [6, 6.07) is 20.5.